The standard InChI is InChI=1S/C27H30N4O3/c1-18(32)27(2,3)34-17-22-14-25(20-7-5-9-23(13-20)33-16-19-11-12-19)31(29-22)24-10-6-8-21-15-28-30(4)26(21)24/h5-10,13-15,19H,11-12,16-17H2,1-4H3. The molecular formula is C27H30N4O3. The van der Waals surface area contributed by atoms with Gasteiger partial charge in [-0.3, -0.25) is 9.48 Å². The third-order valence-electron chi connectivity index (χ3n) is 6.47. The first kappa shape index (κ1) is 22.3. The molecule has 1 saturated carbocycles. The molecule has 0 N–H and O–H groups in total. The molecule has 1 aliphatic carbocycles. The van der Waals surface area contributed by atoms with Crippen molar-refractivity contribution in [2.24, 2.45) is 13.0 Å². The van der Waals surface area contributed by atoms with Gasteiger partial charge >= 0.3 is 0 Å². The van der Waals surface area contributed by atoms with Crippen LogP contribution in [0.5, 0.6) is 5.75 Å². The number of ether oxygens (including phenoxy) is 2. The number of aryl methyl sites for hydroxylation is 1. The molecule has 0 aliphatic heterocycles. The minimum absolute atomic E-state index is 0.0210. The van der Waals surface area contributed by atoms with Gasteiger partial charge in [0.25, 0.3) is 0 Å². The van der Waals surface area contributed by atoms with E-state index >= 15 is 0 Å². The number of aromatic nitrogens is 4. The Hall–Kier alpha value is -3.45. The van der Waals surface area contributed by atoms with E-state index in [0.29, 0.717) is 5.92 Å². The zero-order valence-electron chi connectivity index (χ0n) is 20.1. The number of benzene rings is 2. The summed E-state index contributed by atoms with van der Waals surface area (Å²) in [5.74, 6) is 1.52. The molecule has 0 unspecified atom stereocenters. The molecule has 1 aliphatic rings. The molecule has 0 atom stereocenters. The van der Waals surface area contributed by atoms with Crippen molar-refractivity contribution in [3.63, 3.8) is 0 Å². The van der Waals surface area contributed by atoms with Crippen molar-refractivity contribution in [2.45, 2.75) is 45.8 Å². The largest absolute Gasteiger partial charge is 0.493 e. The lowest BCUT2D eigenvalue weighted by molar-refractivity contribution is -0.139. The first-order valence-electron chi connectivity index (χ1n) is 11.7. The Bertz CT molecular complexity index is 1350. The molecule has 5 rings (SSSR count). The van der Waals surface area contributed by atoms with Gasteiger partial charge in [-0.05, 0) is 63.8 Å². The normalized spacial score (nSPS) is 14.0. The SMILES string of the molecule is CC(=O)C(C)(C)OCc1cc(-c2cccc(OCC3CC3)c2)n(-c2cccc3cnn(C)c23)n1. The molecule has 7 heteroatoms. The summed E-state index contributed by atoms with van der Waals surface area (Å²) in [5.41, 5.74) is 3.70. The molecule has 0 bridgehead atoms. The fourth-order valence-corrected chi connectivity index (χ4v) is 3.87. The van der Waals surface area contributed by atoms with Gasteiger partial charge in [0.05, 0.1) is 42.0 Å². The van der Waals surface area contributed by atoms with E-state index in [9.17, 15) is 4.79 Å². The predicted octanol–water partition coefficient (Wildman–Crippen LogP) is 5.10. The van der Waals surface area contributed by atoms with Gasteiger partial charge in [-0.25, -0.2) is 4.68 Å². The molecule has 0 radical (unpaired) electrons. The molecule has 2 heterocycles. The van der Waals surface area contributed by atoms with Crippen LogP contribution in [-0.2, 0) is 23.2 Å². The van der Waals surface area contributed by atoms with Crippen LogP contribution in [0.3, 0.4) is 0 Å². The first-order chi connectivity index (χ1) is 16.3. The van der Waals surface area contributed by atoms with Gasteiger partial charge in [0.1, 0.15) is 11.4 Å². The number of nitrogens with zero attached hydrogens (tertiary/aromatic N) is 4. The Kier molecular flexibility index (Phi) is 5.73. The van der Waals surface area contributed by atoms with Gasteiger partial charge in [-0.1, -0.05) is 24.3 Å². The topological polar surface area (TPSA) is 71.2 Å². The highest BCUT2D eigenvalue weighted by Gasteiger charge is 2.26. The van der Waals surface area contributed by atoms with Gasteiger partial charge in [0.15, 0.2) is 5.78 Å². The molecule has 2 aromatic heterocycles. The van der Waals surface area contributed by atoms with Crippen molar-refractivity contribution in [2.75, 3.05) is 6.61 Å². The van der Waals surface area contributed by atoms with E-state index < -0.39 is 5.60 Å². The first-order valence-corrected chi connectivity index (χ1v) is 11.7. The van der Waals surface area contributed by atoms with Crippen LogP contribution in [0.2, 0.25) is 0 Å². The monoisotopic (exact) mass is 458 g/mol. The van der Waals surface area contributed by atoms with Crippen LogP contribution < -0.4 is 4.74 Å². The number of para-hydroxylation sites is 1. The number of ketones is 1. The van der Waals surface area contributed by atoms with Crippen molar-refractivity contribution in [1.29, 1.82) is 0 Å². The number of hydrogen-bond donors (Lipinski definition) is 0. The zero-order chi connectivity index (χ0) is 23.9. The summed E-state index contributed by atoms with van der Waals surface area (Å²) in [7, 11) is 1.93. The van der Waals surface area contributed by atoms with Crippen LogP contribution in [0, 0.1) is 5.92 Å². The van der Waals surface area contributed by atoms with E-state index in [-0.39, 0.29) is 12.4 Å². The van der Waals surface area contributed by atoms with Gasteiger partial charge in [0.2, 0.25) is 0 Å². The Morgan fingerprint density at radius 1 is 1.15 bits per heavy atom. The van der Waals surface area contributed by atoms with Gasteiger partial charge < -0.3 is 9.47 Å². The number of carbonyl (C=O) groups is 1. The fraction of sp³-hybridized carbons (Fsp3) is 0.370. The summed E-state index contributed by atoms with van der Waals surface area (Å²) in [6, 6.07) is 16.2. The van der Waals surface area contributed by atoms with Crippen LogP contribution in [0.4, 0.5) is 0 Å². The van der Waals surface area contributed by atoms with E-state index in [0.717, 1.165) is 45.9 Å². The third-order valence-corrected chi connectivity index (χ3v) is 6.47. The smallest absolute Gasteiger partial charge is 0.161 e. The second kappa shape index (κ2) is 8.72. The van der Waals surface area contributed by atoms with Crippen LogP contribution in [0.15, 0.2) is 54.7 Å². The molecule has 0 saturated heterocycles. The number of fused-ring (bicyclic) bond motifs is 1. The molecule has 7 nitrogen and oxygen atoms in total. The van der Waals surface area contributed by atoms with E-state index in [4.69, 9.17) is 14.6 Å². The highest BCUT2D eigenvalue weighted by atomic mass is 16.5. The maximum absolute atomic E-state index is 11.9. The average Bonchev–Trinajstić information content (AvgIpc) is 3.44. The van der Waals surface area contributed by atoms with Crippen LogP contribution >= 0.6 is 0 Å². The molecule has 34 heavy (non-hydrogen) atoms. The minimum Gasteiger partial charge on any atom is -0.493 e. The van der Waals surface area contributed by atoms with E-state index in [1.54, 1.807) is 20.8 Å². The molecule has 176 valence electrons. The maximum Gasteiger partial charge on any atom is 0.161 e. The van der Waals surface area contributed by atoms with Gasteiger partial charge in [-0.2, -0.15) is 10.2 Å². The molecule has 0 amide bonds. The fourth-order valence-electron chi connectivity index (χ4n) is 3.87. The highest BCUT2D eigenvalue weighted by Crippen LogP contribution is 2.33. The van der Waals surface area contributed by atoms with Crippen LogP contribution in [0.1, 0.15) is 39.3 Å². The number of rotatable bonds is 9. The summed E-state index contributed by atoms with van der Waals surface area (Å²) < 4.78 is 15.8. The van der Waals surface area contributed by atoms with Crippen molar-refractivity contribution in [1.82, 2.24) is 19.6 Å². The molecular weight excluding hydrogens is 428 g/mol. The number of Topliss-reactive ketones (excluding diaryl/α,β-unsaturated/α-hetero) is 1. The minimum atomic E-state index is -0.872. The Morgan fingerprint density at radius 2 is 1.94 bits per heavy atom. The Balaban J connectivity index is 1.57. The predicted molar refractivity (Wildman–Crippen MR) is 131 cm³/mol. The van der Waals surface area contributed by atoms with E-state index in [2.05, 4.69) is 17.2 Å². The van der Waals surface area contributed by atoms with E-state index in [1.807, 2.05) is 59.0 Å². The van der Waals surface area contributed by atoms with Crippen molar-refractivity contribution < 1.29 is 14.3 Å². The number of carbonyl (C=O) groups excluding carboxylic acids is 1. The lowest BCUT2D eigenvalue weighted by Gasteiger charge is -2.21. The summed E-state index contributed by atoms with van der Waals surface area (Å²) >= 11 is 0. The van der Waals surface area contributed by atoms with Crippen LogP contribution in [0.25, 0.3) is 27.8 Å². The quantitative estimate of drug-likeness (QED) is 0.349. The summed E-state index contributed by atoms with van der Waals surface area (Å²) in [5, 5.41) is 10.4. The Labute approximate surface area is 199 Å². The maximum atomic E-state index is 11.9. The Morgan fingerprint density at radius 3 is 2.71 bits per heavy atom. The van der Waals surface area contributed by atoms with Crippen molar-refractivity contribution >= 4 is 16.7 Å². The van der Waals surface area contributed by atoms with Crippen LogP contribution in [-0.4, -0.2) is 37.6 Å². The highest BCUT2D eigenvalue weighted by molar-refractivity contribution is 5.87. The summed E-state index contributed by atoms with van der Waals surface area (Å²) in [6.07, 6.45) is 4.36. The molecule has 2 aromatic carbocycles. The average molecular weight is 459 g/mol. The van der Waals surface area contributed by atoms with Crippen molar-refractivity contribution in [3.05, 3.63) is 60.4 Å². The second-order valence-corrected chi connectivity index (χ2v) is 9.55. The zero-order valence-corrected chi connectivity index (χ0v) is 20.1. The van der Waals surface area contributed by atoms with Gasteiger partial charge in [0, 0.05) is 18.0 Å². The van der Waals surface area contributed by atoms with Crippen molar-refractivity contribution in [3.8, 4) is 22.7 Å². The molecule has 4 aromatic rings. The lowest BCUT2D eigenvalue weighted by atomic mass is 10.1. The molecule has 1 fully saturated rings. The third kappa shape index (κ3) is 4.48. The summed E-state index contributed by atoms with van der Waals surface area (Å²) in [6.45, 7) is 6.09. The molecule has 0 spiro atoms. The number of hydrogen-bond acceptors (Lipinski definition) is 5. The summed E-state index contributed by atoms with van der Waals surface area (Å²) in [4.78, 5) is 11.9. The second-order valence-electron chi connectivity index (χ2n) is 9.55. The van der Waals surface area contributed by atoms with Gasteiger partial charge in [-0.15, -0.1) is 0 Å². The lowest BCUT2D eigenvalue weighted by Crippen LogP contribution is -2.32. The van der Waals surface area contributed by atoms with E-state index in [1.165, 1.54) is 12.8 Å².